The average molecular weight is 266 g/mol. The number of rotatable bonds is 5. The minimum atomic E-state index is -4.00. The van der Waals surface area contributed by atoms with Crippen LogP contribution < -0.4 is 5.32 Å². The van der Waals surface area contributed by atoms with Crippen molar-refractivity contribution in [2.45, 2.75) is 57.8 Å². The highest BCUT2D eigenvalue weighted by Crippen LogP contribution is 2.25. The Balaban J connectivity index is 2.27. The van der Waals surface area contributed by atoms with Crippen LogP contribution in [0.15, 0.2) is 0 Å². The predicted molar refractivity (Wildman–Crippen MR) is 67.6 cm³/mol. The van der Waals surface area contributed by atoms with Crippen molar-refractivity contribution in [3.05, 3.63) is 0 Å². The van der Waals surface area contributed by atoms with Crippen LogP contribution in [0.2, 0.25) is 0 Å². The summed E-state index contributed by atoms with van der Waals surface area (Å²) < 4.78 is 36.1. The zero-order valence-corrected chi connectivity index (χ0v) is 11.6. The molecule has 1 aliphatic rings. The third-order valence-corrected chi connectivity index (χ3v) is 4.23. The Bertz CT molecular complexity index is 243. The molecule has 0 amide bonds. The molecule has 0 saturated carbocycles. The predicted octanol–water partition coefficient (Wildman–Crippen LogP) is 3.04. The van der Waals surface area contributed by atoms with E-state index in [1.807, 2.05) is 7.05 Å². The number of piperidine rings is 1. The molecular weight excluding hydrogens is 241 g/mol. The molecule has 1 aliphatic heterocycles. The van der Waals surface area contributed by atoms with Gasteiger partial charge in [0.1, 0.15) is 0 Å². The van der Waals surface area contributed by atoms with Gasteiger partial charge in [-0.15, -0.1) is 0 Å². The third-order valence-electron chi connectivity index (χ3n) is 4.23. The smallest absolute Gasteiger partial charge is 0.317 e. The van der Waals surface area contributed by atoms with E-state index >= 15 is 0 Å². The van der Waals surface area contributed by atoms with E-state index in [-0.39, 0.29) is 6.42 Å². The molecule has 0 spiro atoms. The summed E-state index contributed by atoms with van der Waals surface area (Å²) in [6, 6.07) is 0.980. The second kappa shape index (κ2) is 6.75. The van der Waals surface area contributed by atoms with Crippen molar-refractivity contribution in [3.63, 3.8) is 0 Å². The minimum Gasteiger partial charge on any atom is -0.317 e. The van der Waals surface area contributed by atoms with Gasteiger partial charge in [0, 0.05) is 18.5 Å². The summed E-state index contributed by atoms with van der Waals surface area (Å²) in [4.78, 5) is 2.33. The number of halogens is 3. The third kappa shape index (κ3) is 4.76. The maximum absolute atomic E-state index is 12.0. The number of likely N-dealkylation sites (tertiary alicyclic amines) is 1. The van der Waals surface area contributed by atoms with Crippen LogP contribution in [0.1, 0.15) is 39.5 Å². The molecule has 3 unspecified atom stereocenters. The van der Waals surface area contributed by atoms with Gasteiger partial charge in [-0.2, -0.15) is 13.2 Å². The van der Waals surface area contributed by atoms with E-state index in [0.29, 0.717) is 24.4 Å². The first-order valence-electron chi connectivity index (χ1n) is 6.83. The van der Waals surface area contributed by atoms with E-state index in [9.17, 15) is 13.2 Å². The maximum atomic E-state index is 12.0. The second-order valence-corrected chi connectivity index (χ2v) is 5.39. The molecule has 0 aromatic rings. The minimum absolute atomic E-state index is 0.247. The van der Waals surface area contributed by atoms with Gasteiger partial charge in [-0.3, -0.25) is 0 Å². The van der Waals surface area contributed by atoms with Crippen molar-refractivity contribution < 1.29 is 13.2 Å². The van der Waals surface area contributed by atoms with Gasteiger partial charge in [-0.1, -0.05) is 6.92 Å². The molecular formula is C13H25F3N2. The summed E-state index contributed by atoms with van der Waals surface area (Å²) in [5, 5.41) is 3.32. The Kier molecular flexibility index (Phi) is 5.92. The highest BCUT2D eigenvalue weighted by Gasteiger charge is 2.31. The van der Waals surface area contributed by atoms with E-state index in [4.69, 9.17) is 0 Å². The van der Waals surface area contributed by atoms with Gasteiger partial charge in [0.05, 0.1) is 0 Å². The number of alkyl halides is 3. The van der Waals surface area contributed by atoms with Crippen molar-refractivity contribution in [1.82, 2.24) is 10.2 Å². The highest BCUT2D eigenvalue weighted by atomic mass is 19.4. The van der Waals surface area contributed by atoms with E-state index in [0.717, 1.165) is 19.5 Å². The molecule has 0 bridgehead atoms. The van der Waals surface area contributed by atoms with Gasteiger partial charge in [0.2, 0.25) is 0 Å². The van der Waals surface area contributed by atoms with Crippen LogP contribution in [-0.4, -0.2) is 43.3 Å². The number of nitrogens with zero attached hydrogens (tertiary/aromatic N) is 1. The first kappa shape index (κ1) is 15.8. The lowest BCUT2D eigenvalue weighted by atomic mass is 9.87. The Morgan fingerprint density at radius 3 is 2.44 bits per heavy atom. The molecule has 2 nitrogen and oxygen atoms in total. The fourth-order valence-corrected chi connectivity index (χ4v) is 2.80. The summed E-state index contributed by atoms with van der Waals surface area (Å²) in [7, 11) is 1.98. The van der Waals surface area contributed by atoms with Crippen molar-refractivity contribution in [3.8, 4) is 0 Å². The topological polar surface area (TPSA) is 15.3 Å². The summed E-state index contributed by atoms with van der Waals surface area (Å²) in [5.74, 6) is 0.548. The van der Waals surface area contributed by atoms with Crippen molar-refractivity contribution in [2.24, 2.45) is 5.92 Å². The number of hydrogen-bond acceptors (Lipinski definition) is 2. The Labute approximate surface area is 108 Å². The molecule has 108 valence electrons. The standard InChI is InChI=1S/C13H25F3N2/c1-10-11(2)18(9-6-12(10)17-3)8-5-4-7-13(14,15)16/h10-12,17H,4-9H2,1-3H3. The molecule has 5 heteroatoms. The van der Waals surface area contributed by atoms with Crippen molar-refractivity contribution in [2.75, 3.05) is 20.1 Å². The first-order valence-corrected chi connectivity index (χ1v) is 6.83. The molecule has 0 radical (unpaired) electrons. The van der Waals surface area contributed by atoms with Crippen LogP contribution in [0.3, 0.4) is 0 Å². The Hall–Kier alpha value is -0.290. The van der Waals surface area contributed by atoms with Gasteiger partial charge < -0.3 is 10.2 Å². The van der Waals surface area contributed by atoms with Crippen LogP contribution in [0.25, 0.3) is 0 Å². The summed E-state index contributed by atoms with van der Waals surface area (Å²) in [6.07, 6.45) is -2.68. The van der Waals surface area contributed by atoms with Crippen LogP contribution in [-0.2, 0) is 0 Å². The Morgan fingerprint density at radius 2 is 1.89 bits per heavy atom. The quantitative estimate of drug-likeness (QED) is 0.769. The lowest BCUT2D eigenvalue weighted by Gasteiger charge is -2.42. The highest BCUT2D eigenvalue weighted by molar-refractivity contribution is 4.87. The molecule has 3 atom stereocenters. The first-order chi connectivity index (χ1) is 8.35. The zero-order chi connectivity index (χ0) is 13.8. The van der Waals surface area contributed by atoms with Gasteiger partial charge in [0.25, 0.3) is 0 Å². The SMILES string of the molecule is CNC1CCN(CCCCC(F)(F)F)C(C)C1C. The fourth-order valence-electron chi connectivity index (χ4n) is 2.80. The van der Waals surface area contributed by atoms with E-state index < -0.39 is 12.6 Å². The lowest BCUT2D eigenvalue weighted by Crippen LogP contribution is -2.52. The largest absolute Gasteiger partial charge is 0.389 e. The normalized spacial score (nSPS) is 30.7. The number of unbranched alkanes of at least 4 members (excludes halogenated alkanes) is 1. The average Bonchev–Trinajstić information content (AvgIpc) is 2.28. The van der Waals surface area contributed by atoms with Gasteiger partial charge >= 0.3 is 6.18 Å². The molecule has 1 fully saturated rings. The van der Waals surface area contributed by atoms with Crippen LogP contribution in [0.4, 0.5) is 13.2 Å². The fraction of sp³-hybridized carbons (Fsp3) is 1.00. The molecule has 0 aromatic heterocycles. The zero-order valence-electron chi connectivity index (χ0n) is 11.6. The van der Waals surface area contributed by atoms with Crippen molar-refractivity contribution in [1.29, 1.82) is 0 Å². The van der Waals surface area contributed by atoms with Crippen LogP contribution in [0.5, 0.6) is 0 Å². The second-order valence-electron chi connectivity index (χ2n) is 5.39. The van der Waals surface area contributed by atoms with Crippen LogP contribution in [0, 0.1) is 5.92 Å². The molecule has 1 N–H and O–H groups in total. The van der Waals surface area contributed by atoms with Gasteiger partial charge in [0.15, 0.2) is 0 Å². The van der Waals surface area contributed by atoms with Gasteiger partial charge in [-0.25, -0.2) is 0 Å². The lowest BCUT2D eigenvalue weighted by molar-refractivity contribution is -0.135. The monoisotopic (exact) mass is 266 g/mol. The van der Waals surface area contributed by atoms with E-state index in [2.05, 4.69) is 24.1 Å². The molecule has 18 heavy (non-hydrogen) atoms. The maximum Gasteiger partial charge on any atom is 0.389 e. The summed E-state index contributed by atoms with van der Waals surface area (Å²) >= 11 is 0. The molecule has 1 heterocycles. The molecule has 0 aliphatic carbocycles. The summed E-state index contributed by atoms with van der Waals surface area (Å²) in [6.45, 7) is 6.17. The van der Waals surface area contributed by atoms with E-state index in [1.54, 1.807) is 0 Å². The van der Waals surface area contributed by atoms with E-state index in [1.165, 1.54) is 0 Å². The Morgan fingerprint density at radius 1 is 1.22 bits per heavy atom. The van der Waals surface area contributed by atoms with Crippen LogP contribution >= 0.6 is 0 Å². The van der Waals surface area contributed by atoms with Crippen molar-refractivity contribution >= 4 is 0 Å². The molecule has 0 aromatic carbocycles. The number of nitrogens with one attached hydrogen (secondary N) is 1. The summed E-state index contributed by atoms with van der Waals surface area (Å²) in [5.41, 5.74) is 0. The number of hydrogen-bond donors (Lipinski definition) is 1. The molecule has 1 saturated heterocycles. The van der Waals surface area contributed by atoms with Gasteiger partial charge in [-0.05, 0) is 52.2 Å². The molecule has 1 rings (SSSR count).